The molecule has 0 N–H and O–H groups in total. The van der Waals surface area contributed by atoms with Crippen LogP contribution in [0.15, 0.2) is 12.8 Å². The smallest absolute Gasteiger partial charge is 0.308 e. The van der Waals surface area contributed by atoms with Crippen molar-refractivity contribution in [1.29, 1.82) is 0 Å². The fourth-order valence-electron chi connectivity index (χ4n) is 1.06. The van der Waals surface area contributed by atoms with Crippen LogP contribution in [-0.4, -0.2) is 44.6 Å². The predicted octanol–water partition coefficient (Wildman–Crippen LogP) is 1.91. The van der Waals surface area contributed by atoms with Gasteiger partial charge in [0.05, 0.1) is 39.1 Å². The van der Waals surface area contributed by atoms with E-state index in [-0.39, 0.29) is 12.4 Å². The highest BCUT2D eigenvalue weighted by atomic mass is 16.6. The van der Waals surface area contributed by atoms with Gasteiger partial charge in [0.15, 0.2) is 0 Å². The Balaban J connectivity index is 3.25. The average Bonchev–Trinajstić information content (AvgIpc) is 2.24. The Morgan fingerprint density at radius 2 is 1.61 bits per heavy atom. The first-order chi connectivity index (χ1) is 8.45. The summed E-state index contributed by atoms with van der Waals surface area (Å²) in [4.78, 5) is 11.3. The molecule has 0 saturated carbocycles. The van der Waals surface area contributed by atoms with Crippen LogP contribution in [0.2, 0.25) is 0 Å². The summed E-state index contributed by atoms with van der Waals surface area (Å²) >= 11 is 0. The molecule has 0 aromatic carbocycles. The lowest BCUT2D eigenvalue weighted by atomic mass is 10.2. The zero-order valence-corrected chi connectivity index (χ0v) is 11.6. The van der Waals surface area contributed by atoms with E-state index in [4.69, 9.17) is 18.9 Å². The van der Waals surface area contributed by atoms with Crippen LogP contribution in [0.4, 0.5) is 0 Å². The Bertz CT molecular complexity index is 232. The maximum absolute atomic E-state index is 11.3. The van der Waals surface area contributed by atoms with Crippen LogP contribution < -0.4 is 0 Å². The van der Waals surface area contributed by atoms with Crippen LogP contribution in [0.5, 0.6) is 0 Å². The molecule has 0 unspecified atom stereocenters. The molecule has 0 aliphatic carbocycles. The summed E-state index contributed by atoms with van der Waals surface area (Å²) in [7, 11) is 0. The predicted molar refractivity (Wildman–Crippen MR) is 68.2 cm³/mol. The van der Waals surface area contributed by atoms with E-state index in [0.717, 1.165) is 0 Å². The molecule has 0 aliphatic rings. The van der Waals surface area contributed by atoms with Crippen LogP contribution in [-0.2, 0) is 23.7 Å². The number of carbonyl (C=O) groups is 1. The van der Waals surface area contributed by atoms with E-state index in [1.807, 2.05) is 20.8 Å². The fraction of sp³-hybridized carbons (Fsp3) is 0.769. The summed E-state index contributed by atoms with van der Waals surface area (Å²) < 4.78 is 20.5. The highest BCUT2D eigenvalue weighted by molar-refractivity contribution is 5.69. The molecule has 0 amide bonds. The number of carbonyl (C=O) groups excluding carboxylic acids is 1. The quantitative estimate of drug-likeness (QED) is 0.341. The van der Waals surface area contributed by atoms with Gasteiger partial charge in [-0.25, -0.2) is 0 Å². The molecule has 0 spiro atoms. The van der Waals surface area contributed by atoms with Crippen molar-refractivity contribution in [2.24, 2.45) is 0 Å². The molecule has 0 atom stereocenters. The molecular formula is C13H24O5. The third-order valence-corrected chi connectivity index (χ3v) is 1.71. The molecule has 18 heavy (non-hydrogen) atoms. The molecule has 0 heterocycles. The van der Waals surface area contributed by atoms with Gasteiger partial charge in [-0.3, -0.25) is 4.79 Å². The van der Waals surface area contributed by atoms with E-state index in [1.165, 1.54) is 6.26 Å². The van der Waals surface area contributed by atoms with Gasteiger partial charge in [-0.2, -0.15) is 0 Å². The van der Waals surface area contributed by atoms with Crippen LogP contribution in [0.25, 0.3) is 0 Å². The van der Waals surface area contributed by atoms with Crippen molar-refractivity contribution in [1.82, 2.24) is 0 Å². The van der Waals surface area contributed by atoms with Gasteiger partial charge >= 0.3 is 5.97 Å². The molecule has 5 heteroatoms. The lowest BCUT2D eigenvalue weighted by molar-refractivity contribution is -0.156. The van der Waals surface area contributed by atoms with Crippen molar-refractivity contribution in [3.63, 3.8) is 0 Å². The lowest BCUT2D eigenvalue weighted by Crippen LogP contribution is -2.24. The first-order valence-electron chi connectivity index (χ1n) is 6.05. The van der Waals surface area contributed by atoms with Crippen molar-refractivity contribution in [3.05, 3.63) is 12.8 Å². The zero-order valence-electron chi connectivity index (χ0n) is 11.6. The third-order valence-electron chi connectivity index (χ3n) is 1.71. The van der Waals surface area contributed by atoms with Crippen molar-refractivity contribution in [2.75, 3.05) is 33.0 Å². The van der Waals surface area contributed by atoms with Gasteiger partial charge in [0.1, 0.15) is 12.2 Å². The molecule has 0 aromatic rings. The Labute approximate surface area is 109 Å². The largest absolute Gasteiger partial charge is 0.499 e. The second-order valence-corrected chi connectivity index (χ2v) is 4.60. The van der Waals surface area contributed by atoms with E-state index in [2.05, 4.69) is 6.58 Å². The van der Waals surface area contributed by atoms with Gasteiger partial charge in [0.2, 0.25) is 0 Å². The van der Waals surface area contributed by atoms with Crippen molar-refractivity contribution in [2.45, 2.75) is 32.8 Å². The molecule has 0 aliphatic heterocycles. The average molecular weight is 260 g/mol. The Hall–Kier alpha value is -1.07. The van der Waals surface area contributed by atoms with Crippen molar-refractivity contribution < 1.29 is 23.7 Å². The maximum atomic E-state index is 11.3. The molecule has 0 rings (SSSR count). The number of hydrogen-bond acceptors (Lipinski definition) is 5. The van der Waals surface area contributed by atoms with E-state index >= 15 is 0 Å². The van der Waals surface area contributed by atoms with Gasteiger partial charge in [0.25, 0.3) is 0 Å². The van der Waals surface area contributed by atoms with E-state index < -0.39 is 5.60 Å². The molecule has 0 fully saturated rings. The molecule has 0 radical (unpaired) electrons. The number of ether oxygens (including phenoxy) is 4. The standard InChI is InChI=1S/C13H24O5/c1-5-15-8-9-17-11-10-16-7-6-12(14)18-13(2,3)4/h5H,1,6-11H2,2-4H3. The molecule has 5 nitrogen and oxygen atoms in total. The van der Waals surface area contributed by atoms with E-state index in [0.29, 0.717) is 33.0 Å². The summed E-state index contributed by atoms with van der Waals surface area (Å²) in [6.45, 7) is 11.2. The Kier molecular flexibility index (Phi) is 9.32. The zero-order chi connectivity index (χ0) is 13.9. The summed E-state index contributed by atoms with van der Waals surface area (Å²) in [6.07, 6.45) is 1.64. The molecular weight excluding hydrogens is 236 g/mol. The van der Waals surface area contributed by atoms with Crippen LogP contribution in [0.1, 0.15) is 27.2 Å². The molecule has 106 valence electrons. The number of rotatable bonds is 10. The van der Waals surface area contributed by atoms with Crippen LogP contribution >= 0.6 is 0 Å². The highest BCUT2D eigenvalue weighted by Crippen LogP contribution is 2.07. The second-order valence-electron chi connectivity index (χ2n) is 4.60. The summed E-state index contributed by atoms with van der Waals surface area (Å²) in [5.41, 5.74) is -0.439. The minimum atomic E-state index is -0.439. The molecule has 0 aromatic heterocycles. The van der Waals surface area contributed by atoms with Gasteiger partial charge in [-0.15, -0.1) is 0 Å². The van der Waals surface area contributed by atoms with Crippen molar-refractivity contribution in [3.8, 4) is 0 Å². The fourth-order valence-corrected chi connectivity index (χ4v) is 1.06. The van der Waals surface area contributed by atoms with Gasteiger partial charge in [-0.1, -0.05) is 6.58 Å². The van der Waals surface area contributed by atoms with Crippen LogP contribution in [0.3, 0.4) is 0 Å². The maximum Gasteiger partial charge on any atom is 0.308 e. The Morgan fingerprint density at radius 3 is 2.17 bits per heavy atom. The second kappa shape index (κ2) is 9.91. The first-order valence-corrected chi connectivity index (χ1v) is 6.05. The Morgan fingerprint density at radius 1 is 1.06 bits per heavy atom. The minimum absolute atomic E-state index is 0.247. The van der Waals surface area contributed by atoms with Gasteiger partial charge in [-0.05, 0) is 20.8 Å². The monoisotopic (exact) mass is 260 g/mol. The first kappa shape index (κ1) is 16.9. The van der Waals surface area contributed by atoms with Gasteiger partial charge < -0.3 is 18.9 Å². The number of hydrogen-bond donors (Lipinski definition) is 0. The normalized spacial score (nSPS) is 11.1. The topological polar surface area (TPSA) is 54.0 Å². The minimum Gasteiger partial charge on any atom is -0.499 e. The third kappa shape index (κ3) is 13.0. The van der Waals surface area contributed by atoms with E-state index in [1.54, 1.807) is 0 Å². The van der Waals surface area contributed by atoms with Gasteiger partial charge in [0, 0.05) is 0 Å². The summed E-state index contributed by atoms with van der Waals surface area (Å²) in [6, 6.07) is 0. The van der Waals surface area contributed by atoms with Crippen LogP contribution in [0, 0.1) is 0 Å². The molecule has 0 bridgehead atoms. The molecule has 0 saturated heterocycles. The summed E-state index contributed by atoms with van der Waals surface area (Å²) in [5, 5.41) is 0. The lowest BCUT2D eigenvalue weighted by Gasteiger charge is -2.19. The van der Waals surface area contributed by atoms with Crippen molar-refractivity contribution >= 4 is 5.97 Å². The summed E-state index contributed by atoms with van der Waals surface area (Å²) in [5.74, 6) is -0.247. The highest BCUT2D eigenvalue weighted by Gasteiger charge is 2.15. The number of esters is 1. The SMILES string of the molecule is C=COCCOCCOCCC(=O)OC(C)(C)C. The van der Waals surface area contributed by atoms with E-state index in [9.17, 15) is 4.79 Å².